The first-order valence-corrected chi connectivity index (χ1v) is 9.44. The van der Waals surface area contributed by atoms with Crippen LogP contribution in [0.1, 0.15) is 11.3 Å². The zero-order valence-electron chi connectivity index (χ0n) is 15.9. The number of nitrogens with one attached hydrogen (secondary N) is 1. The fourth-order valence-corrected chi connectivity index (χ4v) is 3.46. The predicted octanol–water partition coefficient (Wildman–Crippen LogP) is 5.15. The van der Waals surface area contributed by atoms with Crippen LogP contribution in [0.5, 0.6) is 0 Å². The molecular formula is C22H18ClFN4O. The maximum Gasteiger partial charge on any atom is 0.246 e. The van der Waals surface area contributed by atoms with Crippen LogP contribution in [0.4, 0.5) is 10.1 Å². The molecule has 2 aromatic carbocycles. The van der Waals surface area contributed by atoms with Gasteiger partial charge in [0.15, 0.2) is 5.65 Å². The highest BCUT2D eigenvalue weighted by atomic mass is 35.5. The molecule has 5 nitrogen and oxygen atoms in total. The number of fused-ring (bicyclic) bond motifs is 1. The Morgan fingerprint density at radius 2 is 1.90 bits per heavy atom. The van der Waals surface area contributed by atoms with E-state index in [0.717, 1.165) is 22.2 Å². The molecule has 2 heterocycles. The van der Waals surface area contributed by atoms with E-state index >= 15 is 0 Å². The summed E-state index contributed by atoms with van der Waals surface area (Å²) >= 11 is 5.77. The van der Waals surface area contributed by atoms with Gasteiger partial charge in [0.25, 0.3) is 0 Å². The lowest BCUT2D eigenvalue weighted by molar-refractivity contribution is -0.116. The molecule has 7 heteroatoms. The van der Waals surface area contributed by atoms with Crippen molar-refractivity contribution in [2.45, 2.75) is 20.4 Å². The first-order valence-electron chi connectivity index (χ1n) is 9.06. The van der Waals surface area contributed by atoms with Crippen LogP contribution < -0.4 is 5.32 Å². The van der Waals surface area contributed by atoms with E-state index in [1.165, 1.54) is 23.8 Å². The minimum Gasteiger partial charge on any atom is -0.324 e. The molecule has 0 saturated carbocycles. The van der Waals surface area contributed by atoms with Gasteiger partial charge >= 0.3 is 0 Å². The summed E-state index contributed by atoms with van der Waals surface area (Å²) in [6.07, 6.45) is 1.72. The van der Waals surface area contributed by atoms with E-state index < -0.39 is 5.82 Å². The lowest BCUT2D eigenvalue weighted by Crippen LogP contribution is -2.19. The van der Waals surface area contributed by atoms with Crippen LogP contribution in [0, 0.1) is 19.7 Å². The Kier molecular flexibility index (Phi) is 5.03. The number of amides is 1. The van der Waals surface area contributed by atoms with Crippen LogP contribution in [0.2, 0.25) is 5.02 Å². The van der Waals surface area contributed by atoms with Crippen molar-refractivity contribution >= 4 is 34.2 Å². The number of carbonyl (C=O) groups is 1. The monoisotopic (exact) mass is 408 g/mol. The van der Waals surface area contributed by atoms with Gasteiger partial charge in [-0.1, -0.05) is 41.4 Å². The first-order chi connectivity index (χ1) is 13.9. The number of pyridine rings is 1. The molecule has 0 fully saturated rings. The molecule has 0 atom stereocenters. The van der Waals surface area contributed by atoms with Gasteiger partial charge in [-0.25, -0.2) is 14.1 Å². The summed E-state index contributed by atoms with van der Waals surface area (Å²) in [5.74, 6) is -0.842. The molecule has 0 aliphatic carbocycles. The molecule has 1 N–H and O–H groups in total. The number of carbonyl (C=O) groups excluding carboxylic acids is 1. The summed E-state index contributed by atoms with van der Waals surface area (Å²) in [4.78, 5) is 16.9. The predicted molar refractivity (Wildman–Crippen MR) is 112 cm³/mol. The third-order valence-electron chi connectivity index (χ3n) is 4.67. The SMILES string of the molecule is Cc1ccc(-c2ccnc3c2c(C)nn3CC(=O)Nc2ccc(F)c(Cl)c2)cc1. The summed E-state index contributed by atoms with van der Waals surface area (Å²) in [5, 5.41) is 8.08. The van der Waals surface area contributed by atoms with Crippen LogP contribution in [0.25, 0.3) is 22.2 Å². The van der Waals surface area contributed by atoms with Crippen molar-refractivity contribution < 1.29 is 9.18 Å². The van der Waals surface area contributed by atoms with Crippen molar-refractivity contribution in [1.29, 1.82) is 0 Å². The van der Waals surface area contributed by atoms with Gasteiger partial charge in [-0.2, -0.15) is 5.10 Å². The van der Waals surface area contributed by atoms with E-state index in [1.807, 2.05) is 19.9 Å². The number of hydrogen-bond donors (Lipinski definition) is 1. The van der Waals surface area contributed by atoms with E-state index in [0.29, 0.717) is 11.3 Å². The van der Waals surface area contributed by atoms with Crippen LogP contribution in [-0.4, -0.2) is 20.7 Å². The molecule has 29 heavy (non-hydrogen) atoms. The fourth-order valence-electron chi connectivity index (χ4n) is 3.28. The standard InChI is InChI=1S/C22H18ClFN4O/c1-13-3-5-15(6-4-13)17-9-10-25-22-21(17)14(2)27-28(22)12-20(29)26-16-7-8-19(24)18(23)11-16/h3-11H,12H2,1-2H3,(H,26,29). The van der Waals surface area contributed by atoms with Gasteiger partial charge in [0, 0.05) is 17.3 Å². The van der Waals surface area contributed by atoms with Crippen molar-refractivity contribution in [2.75, 3.05) is 5.32 Å². The summed E-state index contributed by atoms with van der Waals surface area (Å²) in [7, 11) is 0. The Morgan fingerprint density at radius 3 is 2.62 bits per heavy atom. The second-order valence-corrected chi connectivity index (χ2v) is 7.25. The van der Waals surface area contributed by atoms with E-state index in [2.05, 4.69) is 39.7 Å². The highest BCUT2D eigenvalue weighted by Gasteiger charge is 2.16. The maximum atomic E-state index is 13.3. The minimum atomic E-state index is -0.536. The second-order valence-electron chi connectivity index (χ2n) is 6.84. The van der Waals surface area contributed by atoms with Crippen LogP contribution in [0.15, 0.2) is 54.7 Å². The Balaban J connectivity index is 1.64. The highest BCUT2D eigenvalue weighted by Crippen LogP contribution is 2.30. The quantitative estimate of drug-likeness (QED) is 0.508. The van der Waals surface area contributed by atoms with Gasteiger partial charge in [-0.05, 0) is 49.2 Å². The van der Waals surface area contributed by atoms with Gasteiger partial charge in [-0.15, -0.1) is 0 Å². The molecule has 0 unspecified atom stereocenters. The lowest BCUT2D eigenvalue weighted by Gasteiger charge is -2.07. The highest BCUT2D eigenvalue weighted by molar-refractivity contribution is 6.31. The zero-order valence-corrected chi connectivity index (χ0v) is 16.7. The number of nitrogens with zero attached hydrogens (tertiary/aromatic N) is 3. The summed E-state index contributed by atoms with van der Waals surface area (Å²) < 4.78 is 14.9. The van der Waals surface area contributed by atoms with Gasteiger partial charge in [0.2, 0.25) is 5.91 Å². The van der Waals surface area contributed by atoms with Crippen molar-refractivity contribution in [2.24, 2.45) is 0 Å². The molecule has 4 aromatic rings. The summed E-state index contributed by atoms with van der Waals surface area (Å²) in [6, 6.07) is 14.2. The Hall–Kier alpha value is -3.25. The average Bonchev–Trinajstić information content (AvgIpc) is 3.01. The summed E-state index contributed by atoms with van der Waals surface area (Å²) in [5.41, 5.74) is 5.11. The second kappa shape index (κ2) is 7.64. The van der Waals surface area contributed by atoms with Gasteiger partial charge in [-0.3, -0.25) is 4.79 Å². The van der Waals surface area contributed by atoms with Crippen molar-refractivity contribution in [3.05, 3.63) is 76.8 Å². The summed E-state index contributed by atoms with van der Waals surface area (Å²) in [6.45, 7) is 3.92. The molecule has 1 amide bonds. The lowest BCUT2D eigenvalue weighted by atomic mass is 10.0. The molecule has 2 aromatic heterocycles. The van der Waals surface area contributed by atoms with E-state index in [1.54, 1.807) is 10.9 Å². The third kappa shape index (κ3) is 3.84. The molecule has 0 radical (unpaired) electrons. The van der Waals surface area contributed by atoms with Crippen LogP contribution in [0.3, 0.4) is 0 Å². The van der Waals surface area contributed by atoms with Crippen molar-refractivity contribution in [1.82, 2.24) is 14.8 Å². The number of halogens is 2. The number of hydrogen-bond acceptors (Lipinski definition) is 3. The molecule has 0 aliphatic rings. The molecule has 0 aliphatic heterocycles. The zero-order chi connectivity index (χ0) is 20.5. The number of rotatable bonds is 4. The largest absolute Gasteiger partial charge is 0.324 e. The molecule has 146 valence electrons. The van der Waals surface area contributed by atoms with E-state index in [-0.39, 0.29) is 17.5 Å². The first kappa shape index (κ1) is 19.1. The molecule has 0 spiro atoms. The molecule has 0 saturated heterocycles. The Morgan fingerprint density at radius 1 is 1.14 bits per heavy atom. The third-order valence-corrected chi connectivity index (χ3v) is 4.96. The smallest absolute Gasteiger partial charge is 0.246 e. The topological polar surface area (TPSA) is 59.8 Å². The van der Waals surface area contributed by atoms with Crippen molar-refractivity contribution in [3.63, 3.8) is 0 Å². The Bertz CT molecular complexity index is 1220. The fraction of sp³-hybridized carbons (Fsp3) is 0.136. The van der Waals surface area contributed by atoms with Crippen LogP contribution >= 0.6 is 11.6 Å². The molecule has 4 rings (SSSR count). The van der Waals surface area contributed by atoms with Gasteiger partial charge < -0.3 is 5.32 Å². The molecule has 0 bridgehead atoms. The van der Waals surface area contributed by atoms with E-state index in [4.69, 9.17) is 11.6 Å². The number of aromatic nitrogens is 3. The van der Waals surface area contributed by atoms with Gasteiger partial charge in [0.05, 0.1) is 10.7 Å². The number of aryl methyl sites for hydroxylation is 2. The Labute approximate surface area is 172 Å². The van der Waals surface area contributed by atoms with Crippen LogP contribution in [-0.2, 0) is 11.3 Å². The molecular weight excluding hydrogens is 391 g/mol. The normalized spacial score (nSPS) is 11.0. The van der Waals surface area contributed by atoms with Gasteiger partial charge in [0.1, 0.15) is 12.4 Å². The number of benzene rings is 2. The number of anilines is 1. The average molecular weight is 409 g/mol. The van der Waals surface area contributed by atoms with E-state index in [9.17, 15) is 9.18 Å². The minimum absolute atomic E-state index is 0.0241. The van der Waals surface area contributed by atoms with Crippen molar-refractivity contribution in [3.8, 4) is 11.1 Å². The maximum absolute atomic E-state index is 13.3.